The molecule has 0 spiro atoms. The van der Waals surface area contributed by atoms with Gasteiger partial charge in [0.25, 0.3) is 5.91 Å². The van der Waals surface area contributed by atoms with Crippen LogP contribution in [-0.2, 0) is 21.5 Å². The van der Waals surface area contributed by atoms with Crippen molar-refractivity contribution in [2.24, 2.45) is 16.5 Å². The van der Waals surface area contributed by atoms with E-state index in [4.69, 9.17) is 16.5 Å². The molecule has 0 radical (unpaired) electrons. The van der Waals surface area contributed by atoms with E-state index in [9.17, 15) is 9.59 Å². The Balaban J connectivity index is 1.34. The third-order valence-electron chi connectivity index (χ3n) is 6.39. The molecule has 2 heterocycles. The average molecular weight is 470 g/mol. The first-order valence-corrected chi connectivity index (χ1v) is 12.0. The zero-order chi connectivity index (χ0) is 24.7. The fourth-order valence-corrected chi connectivity index (χ4v) is 4.51. The van der Waals surface area contributed by atoms with Gasteiger partial charge < -0.3 is 11.5 Å². The number of benzene rings is 2. The van der Waals surface area contributed by atoms with Gasteiger partial charge in [-0.1, -0.05) is 73.2 Å². The maximum absolute atomic E-state index is 13.7. The number of rotatable bonds is 11. The summed E-state index contributed by atoms with van der Waals surface area (Å²) in [6, 6.07) is 22.3. The molecule has 0 saturated heterocycles. The first-order valence-electron chi connectivity index (χ1n) is 12.0. The van der Waals surface area contributed by atoms with Crippen molar-refractivity contribution < 1.29 is 9.59 Å². The van der Waals surface area contributed by atoms with Crippen LogP contribution in [0.5, 0.6) is 0 Å². The summed E-state index contributed by atoms with van der Waals surface area (Å²) in [6.45, 7) is 0.450. The number of nitrogens with zero attached hydrogens (tertiary/aromatic N) is 3. The third-order valence-corrected chi connectivity index (χ3v) is 6.39. The van der Waals surface area contributed by atoms with Crippen molar-refractivity contribution in [2.75, 3.05) is 6.54 Å². The van der Waals surface area contributed by atoms with Crippen LogP contribution in [0.25, 0.3) is 0 Å². The molecule has 35 heavy (non-hydrogen) atoms. The summed E-state index contributed by atoms with van der Waals surface area (Å²) in [7, 11) is 0. The molecule has 1 aromatic heterocycles. The number of carbonyl (C=O) groups excluding carboxylic acids is 2. The zero-order valence-corrected chi connectivity index (χ0v) is 19.7. The predicted octanol–water partition coefficient (Wildman–Crippen LogP) is 3.18. The number of amides is 1. The summed E-state index contributed by atoms with van der Waals surface area (Å²) in [5.74, 6) is 0.110. The van der Waals surface area contributed by atoms with Crippen molar-refractivity contribution in [1.29, 1.82) is 0 Å². The number of hydrogen-bond donors (Lipinski definition) is 2. The highest BCUT2D eigenvalue weighted by Crippen LogP contribution is 2.39. The largest absolute Gasteiger partial charge is 0.369 e. The van der Waals surface area contributed by atoms with Gasteiger partial charge >= 0.3 is 0 Å². The number of hydrogen-bond acceptors (Lipinski definition) is 6. The van der Waals surface area contributed by atoms with Gasteiger partial charge in [-0.15, -0.1) is 0 Å². The van der Waals surface area contributed by atoms with Gasteiger partial charge in [0.05, 0.1) is 6.04 Å². The molecule has 1 atom stereocenters. The Labute approximate surface area is 205 Å². The zero-order valence-electron chi connectivity index (χ0n) is 19.7. The van der Waals surface area contributed by atoms with Crippen LogP contribution in [0.4, 0.5) is 0 Å². The van der Waals surface area contributed by atoms with Crippen LogP contribution in [0, 0.1) is 0 Å². The highest BCUT2D eigenvalue weighted by atomic mass is 16.2. The van der Waals surface area contributed by atoms with Crippen LogP contribution in [-0.4, -0.2) is 40.1 Å². The molecule has 1 amide bonds. The Bertz CT molecular complexity index is 1130. The van der Waals surface area contributed by atoms with Crippen molar-refractivity contribution in [3.05, 3.63) is 102 Å². The van der Waals surface area contributed by atoms with E-state index in [-0.39, 0.29) is 17.6 Å². The first-order chi connectivity index (χ1) is 17.0. The monoisotopic (exact) mass is 469 g/mol. The van der Waals surface area contributed by atoms with E-state index < -0.39 is 11.6 Å². The van der Waals surface area contributed by atoms with Gasteiger partial charge in [-0.2, -0.15) is 0 Å². The molecule has 1 aliphatic heterocycles. The number of pyridine rings is 1. The lowest BCUT2D eigenvalue weighted by Gasteiger charge is -2.27. The smallest absolute Gasteiger partial charge is 0.266 e. The minimum Gasteiger partial charge on any atom is -0.369 e. The molecule has 3 aromatic rings. The normalized spacial score (nSPS) is 15.6. The van der Waals surface area contributed by atoms with Gasteiger partial charge in [-0.3, -0.25) is 19.5 Å². The molecule has 0 aliphatic carbocycles. The Morgan fingerprint density at radius 3 is 2.17 bits per heavy atom. The Kier molecular flexibility index (Phi) is 7.67. The minimum atomic E-state index is -1.18. The van der Waals surface area contributed by atoms with Gasteiger partial charge in [0.2, 0.25) is 0 Å². The van der Waals surface area contributed by atoms with E-state index in [1.165, 1.54) is 0 Å². The van der Waals surface area contributed by atoms with Crippen LogP contribution in [0.1, 0.15) is 42.4 Å². The molecule has 7 nitrogen and oxygen atoms in total. The summed E-state index contributed by atoms with van der Waals surface area (Å²) in [5.41, 5.74) is 13.7. The quantitative estimate of drug-likeness (QED) is 0.419. The van der Waals surface area contributed by atoms with Crippen LogP contribution >= 0.6 is 0 Å². The van der Waals surface area contributed by atoms with Gasteiger partial charge in [0.15, 0.2) is 11.5 Å². The standard InChI is InChI=1S/C28H31N5O2/c29-24(19-21-11-10-17-31-20-21)25(34)16-8-3-9-18-33-26(35)28(32-27(33)30,22-12-4-1-5-13-22)23-14-6-2-7-15-23/h1-2,4-7,10-15,17,20,24H,3,8-9,16,18-19,29H2,(H2,30,32)/t24-/m0/s1. The molecular weight excluding hydrogens is 438 g/mol. The SMILES string of the molecule is NC1=NC(c2ccccc2)(c2ccccc2)C(=O)N1CCCCCC(=O)[C@@H](N)Cc1cccnc1. The molecule has 0 bridgehead atoms. The summed E-state index contributed by atoms with van der Waals surface area (Å²) >= 11 is 0. The number of carbonyl (C=O) groups is 2. The van der Waals surface area contributed by atoms with Crippen molar-refractivity contribution >= 4 is 17.6 Å². The Hall–Kier alpha value is -3.84. The van der Waals surface area contributed by atoms with Crippen LogP contribution in [0.3, 0.4) is 0 Å². The summed E-state index contributed by atoms with van der Waals surface area (Å²) in [4.78, 5) is 36.5. The van der Waals surface area contributed by atoms with Gasteiger partial charge in [0.1, 0.15) is 5.78 Å². The average Bonchev–Trinajstić information content (AvgIpc) is 3.15. The number of ketones is 1. The lowest BCUT2D eigenvalue weighted by molar-refractivity contribution is -0.130. The third kappa shape index (κ3) is 5.30. The lowest BCUT2D eigenvalue weighted by Crippen LogP contribution is -2.44. The molecule has 0 unspecified atom stereocenters. The summed E-state index contributed by atoms with van der Waals surface area (Å²) in [6.07, 6.45) is 6.54. The highest BCUT2D eigenvalue weighted by Gasteiger charge is 2.50. The highest BCUT2D eigenvalue weighted by molar-refractivity contribution is 6.09. The lowest BCUT2D eigenvalue weighted by atomic mass is 9.83. The molecule has 4 N–H and O–H groups in total. The van der Waals surface area contributed by atoms with Crippen molar-refractivity contribution in [3.8, 4) is 0 Å². The number of Topliss-reactive ketones (excluding diaryl/α,β-unsaturated/α-hetero) is 1. The second-order valence-electron chi connectivity index (χ2n) is 8.82. The van der Waals surface area contributed by atoms with Crippen LogP contribution in [0.15, 0.2) is 90.2 Å². The Morgan fingerprint density at radius 2 is 1.57 bits per heavy atom. The van der Waals surface area contributed by atoms with Gasteiger partial charge in [-0.25, -0.2) is 4.99 Å². The minimum absolute atomic E-state index is 0.0411. The maximum atomic E-state index is 13.7. The maximum Gasteiger partial charge on any atom is 0.266 e. The summed E-state index contributed by atoms with van der Waals surface area (Å²) in [5, 5.41) is 0. The fourth-order valence-electron chi connectivity index (χ4n) is 4.51. The molecule has 0 saturated carbocycles. The van der Waals surface area contributed by atoms with Gasteiger partial charge in [0, 0.05) is 25.4 Å². The van der Waals surface area contributed by atoms with E-state index in [1.54, 1.807) is 17.3 Å². The van der Waals surface area contributed by atoms with Gasteiger partial charge in [-0.05, 0) is 42.0 Å². The topological polar surface area (TPSA) is 115 Å². The van der Waals surface area contributed by atoms with E-state index >= 15 is 0 Å². The van der Waals surface area contributed by atoms with E-state index in [0.717, 1.165) is 23.1 Å². The number of nitrogens with two attached hydrogens (primary N) is 2. The molecule has 1 aliphatic rings. The van der Waals surface area contributed by atoms with E-state index in [0.29, 0.717) is 32.2 Å². The number of guanidine groups is 1. The molecule has 180 valence electrons. The van der Waals surface area contributed by atoms with Crippen LogP contribution < -0.4 is 11.5 Å². The number of unbranched alkanes of at least 4 members (excludes halogenated alkanes) is 2. The molecule has 0 fully saturated rings. The number of aromatic nitrogens is 1. The predicted molar refractivity (Wildman–Crippen MR) is 136 cm³/mol. The molecule has 4 rings (SSSR count). The van der Waals surface area contributed by atoms with Crippen molar-refractivity contribution in [3.63, 3.8) is 0 Å². The fraction of sp³-hybridized carbons (Fsp3) is 0.286. The van der Waals surface area contributed by atoms with Crippen LogP contribution in [0.2, 0.25) is 0 Å². The molecule has 2 aromatic carbocycles. The second kappa shape index (κ2) is 11.1. The van der Waals surface area contributed by atoms with E-state index in [2.05, 4.69) is 4.98 Å². The molecular formula is C28H31N5O2. The van der Waals surface area contributed by atoms with Crippen molar-refractivity contribution in [2.45, 2.75) is 43.7 Å². The number of aliphatic imine (C=N–C) groups is 1. The van der Waals surface area contributed by atoms with E-state index in [1.807, 2.05) is 72.8 Å². The molecule has 7 heteroatoms. The van der Waals surface area contributed by atoms with Crippen molar-refractivity contribution in [1.82, 2.24) is 9.88 Å². The summed E-state index contributed by atoms with van der Waals surface area (Å²) < 4.78 is 0. The Morgan fingerprint density at radius 1 is 0.914 bits per heavy atom. The second-order valence-corrected chi connectivity index (χ2v) is 8.82. The first kappa shape index (κ1) is 24.3.